The fourth-order valence-electron chi connectivity index (χ4n) is 2.10. The van der Waals surface area contributed by atoms with Crippen molar-refractivity contribution in [3.63, 3.8) is 0 Å². The number of nitrogens with zero attached hydrogens (tertiary/aromatic N) is 2. The maximum Gasteiger partial charge on any atom is 0.267 e. The molecule has 1 heterocycles. The Morgan fingerprint density at radius 1 is 1.24 bits per heavy atom. The Balaban J connectivity index is 0.00000312. The third-order valence-corrected chi connectivity index (χ3v) is 4.88. The van der Waals surface area contributed by atoms with E-state index in [1.165, 1.54) is 23.9 Å². The van der Waals surface area contributed by atoms with Crippen LogP contribution in [-0.4, -0.2) is 42.5 Å². The van der Waals surface area contributed by atoms with Crippen LogP contribution in [0.25, 0.3) is 6.08 Å². The molecular formula is C16H20ClN3O4S. The summed E-state index contributed by atoms with van der Waals surface area (Å²) >= 11 is 0. The molecule has 25 heavy (non-hydrogen) atoms. The number of aromatic nitrogens is 1. The van der Waals surface area contributed by atoms with Gasteiger partial charge in [-0.25, -0.2) is 17.9 Å². The van der Waals surface area contributed by atoms with Gasteiger partial charge in [0.05, 0.1) is 4.90 Å². The van der Waals surface area contributed by atoms with Crippen LogP contribution >= 0.6 is 12.4 Å². The molecule has 0 spiro atoms. The van der Waals surface area contributed by atoms with E-state index >= 15 is 0 Å². The highest BCUT2D eigenvalue weighted by Gasteiger charge is 2.16. The van der Waals surface area contributed by atoms with Crippen LogP contribution in [0.2, 0.25) is 0 Å². The van der Waals surface area contributed by atoms with Crippen molar-refractivity contribution in [1.82, 2.24) is 14.4 Å². The Kier molecular flexibility index (Phi) is 7.38. The summed E-state index contributed by atoms with van der Waals surface area (Å²) in [5, 5.41) is 8.42. The monoisotopic (exact) mass is 385 g/mol. The molecule has 0 radical (unpaired) electrons. The van der Waals surface area contributed by atoms with E-state index in [-0.39, 0.29) is 17.3 Å². The number of benzene rings is 1. The van der Waals surface area contributed by atoms with Crippen LogP contribution in [-0.2, 0) is 21.4 Å². The first-order valence-electron chi connectivity index (χ1n) is 7.12. The van der Waals surface area contributed by atoms with E-state index in [2.05, 4.69) is 0 Å². The van der Waals surface area contributed by atoms with Crippen molar-refractivity contribution in [3.8, 4) is 0 Å². The summed E-state index contributed by atoms with van der Waals surface area (Å²) in [5.41, 5.74) is 3.00. The minimum absolute atomic E-state index is 0. The molecule has 0 saturated carbocycles. The molecule has 0 aliphatic rings. The molecule has 0 fully saturated rings. The summed E-state index contributed by atoms with van der Waals surface area (Å²) in [5.74, 6) is -0.693. The summed E-state index contributed by atoms with van der Waals surface area (Å²) in [6, 6.07) is 8.26. The Morgan fingerprint density at radius 2 is 1.88 bits per heavy atom. The molecule has 1 aromatic carbocycles. The third-order valence-electron chi connectivity index (χ3n) is 3.23. The van der Waals surface area contributed by atoms with Gasteiger partial charge in [0.15, 0.2) is 0 Å². The molecule has 0 unspecified atom stereocenters. The van der Waals surface area contributed by atoms with Crippen molar-refractivity contribution in [1.29, 1.82) is 0 Å². The first-order chi connectivity index (χ1) is 11.3. The molecule has 7 nitrogen and oxygen atoms in total. The smallest absolute Gasteiger partial charge is 0.267 e. The molecule has 0 bridgehead atoms. The zero-order valence-electron chi connectivity index (χ0n) is 13.8. The van der Waals surface area contributed by atoms with Crippen LogP contribution in [0, 0.1) is 0 Å². The molecule has 1 aromatic heterocycles. The van der Waals surface area contributed by atoms with Crippen LogP contribution < -0.4 is 5.48 Å². The van der Waals surface area contributed by atoms with Gasteiger partial charge in [-0.3, -0.25) is 10.0 Å². The van der Waals surface area contributed by atoms with Gasteiger partial charge in [-0.15, -0.1) is 12.4 Å². The maximum atomic E-state index is 12.6. The predicted octanol–water partition coefficient (Wildman–Crippen LogP) is 1.73. The maximum absolute atomic E-state index is 12.6. The third kappa shape index (κ3) is 5.43. The quantitative estimate of drug-likeness (QED) is 0.449. The van der Waals surface area contributed by atoms with Crippen LogP contribution in [0.15, 0.2) is 53.7 Å². The molecule has 0 saturated heterocycles. The van der Waals surface area contributed by atoms with Crippen molar-refractivity contribution in [3.05, 3.63) is 59.9 Å². The minimum atomic E-state index is -3.69. The molecule has 136 valence electrons. The van der Waals surface area contributed by atoms with Crippen molar-refractivity contribution >= 4 is 34.4 Å². The summed E-state index contributed by atoms with van der Waals surface area (Å²) < 4.78 is 26.3. The summed E-state index contributed by atoms with van der Waals surface area (Å²) in [7, 11) is 0.194. The van der Waals surface area contributed by atoms with Crippen LogP contribution in [0.5, 0.6) is 0 Å². The van der Waals surface area contributed by atoms with Crippen LogP contribution in [0.4, 0.5) is 0 Å². The predicted molar refractivity (Wildman–Crippen MR) is 97.1 cm³/mol. The second-order valence-corrected chi connectivity index (χ2v) is 7.31. The zero-order valence-corrected chi connectivity index (χ0v) is 15.4. The molecule has 1 amide bonds. The minimum Gasteiger partial charge on any atom is -0.305 e. The number of hydroxylamine groups is 1. The Hall–Kier alpha value is -2.13. The van der Waals surface area contributed by atoms with E-state index in [4.69, 9.17) is 5.21 Å². The first kappa shape index (κ1) is 20.9. The Labute approximate surface area is 153 Å². The van der Waals surface area contributed by atoms with Gasteiger partial charge in [0.25, 0.3) is 15.9 Å². The van der Waals surface area contributed by atoms with Gasteiger partial charge in [0.1, 0.15) is 0 Å². The highest BCUT2D eigenvalue weighted by molar-refractivity contribution is 7.90. The van der Waals surface area contributed by atoms with Gasteiger partial charge >= 0.3 is 0 Å². The zero-order chi connectivity index (χ0) is 17.7. The largest absolute Gasteiger partial charge is 0.305 e. The number of carbonyl (C=O) groups is 1. The second kappa shape index (κ2) is 8.82. The van der Waals surface area contributed by atoms with Crippen molar-refractivity contribution in [2.45, 2.75) is 11.4 Å². The molecule has 0 atom stereocenters. The lowest BCUT2D eigenvalue weighted by Crippen LogP contribution is -2.14. The average Bonchev–Trinajstić information content (AvgIpc) is 3.02. The fourth-order valence-corrected chi connectivity index (χ4v) is 3.31. The van der Waals surface area contributed by atoms with Gasteiger partial charge < -0.3 is 4.90 Å². The Morgan fingerprint density at radius 3 is 2.44 bits per heavy atom. The van der Waals surface area contributed by atoms with E-state index in [1.54, 1.807) is 30.3 Å². The normalized spacial score (nSPS) is 11.5. The number of hydrogen-bond donors (Lipinski definition) is 2. The summed E-state index contributed by atoms with van der Waals surface area (Å²) in [6.07, 6.45) is 5.30. The highest BCUT2D eigenvalue weighted by Crippen LogP contribution is 2.17. The number of nitrogens with one attached hydrogen (secondary N) is 1. The van der Waals surface area contributed by atoms with Crippen molar-refractivity contribution in [2.75, 3.05) is 14.1 Å². The van der Waals surface area contributed by atoms with E-state index in [1.807, 2.05) is 19.0 Å². The molecule has 9 heteroatoms. The van der Waals surface area contributed by atoms with Gasteiger partial charge in [-0.2, -0.15) is 0 Å². The van der Waals surface area contributed by atoms with E-state index in [0.29, 0.717) is 5.56 Å². The van der Waals surface area contributed by atoms with Gasteiger partial charge in [-0.1, -0.05) is 12.1 Å². The lowest BCUT2D eigenvalue weighted by molar-refractivity contribution is -0.124. The molecule has 2 rings (SSSR count). The lowest BCUT2D eigenvalue weighted by Gasteiger charge is -2.10. The molecule has 0 aliphatic carbocycles. The second-order valence-electron chi connectivity index (χ2n) is 5.47. The van der Waals surface area contributed by atoms with Gasteiger partial charge in [0, 0.05) is 25.0 Å². The topological polar surface area (TPSA) is 91.6 Å². The number of amides is 1. The van der Waals surface area contributed by atoms with Gasteiger partial charge in [0.2, 0.25) is 0 Å². The molecule has 0 aliphatic heterocycles. The summed E-state index contributed by atoms with van der Waals surface area (Å²) in [6.45, 7) is 0.728. The lowest BCUT2D eigenvalue weighted by atomic mass is 10.2. The number of rotatable bonds is 6. The van der Waals surface area contributed by atoms with E-state index in [9.17, 15) is 13.2 Å². The highest BCUT2D eigenvalue weighted by atomic mass is 35.5. The van der Waals surface area contributed by atoms with Gasteiger partial charge in [-0.05, 0) is 49.5 Å². The number of carbonyl (C=O) groups excluding carboxylic acids is 1. The molecular weight excluding hydrogens is 366 g/mol. The molecule has 2 aromatic rings. The average molecular weight is 386 g/mol. The summed E-state index contributed by atoms with van der Waals surface area (Å²) in [4.78, 5) is 13.1. The SMILES string of the molecule is CN(C)Cc1ccc(S(=O)(=O)n2ccc(/C=C/C(=O)NO)c2)cc1.Cl. The van der Waals surface area contributed by atoms with E-state index < -0.39 is 15.9 Å². The standard InChI is InChI=1S/C16H19N3O4S.ClH/c1-18(2)11-13-3-6-15(7-4-13)24(22,23)19-10-9-14(12-19)5-8-16(20)17-21;/h3-10,12,21H,11H2,1-2H3,(H,17,20);1H/b8-5+;. The van der Waals surface area contributed by atoms with Crippen LogP contribution in [0.3, 0.4) is 0 Å². The Bertz CT molecular complexity index is 843. The first-order valence-corrected chi connectivity index (χ1v) is 8.56. The van der Waals surface area contributed by atoms with Crippen LogP contribution in [0.1, 0.15) is 11.1 Å². The van der Waals surface area contributed by atoms with Crippen molar-refractivity contribution < 1.29 is 18.4 Å². The molecule has 2 N–H and O–H groups in total. The fraction of sp³-hybridized carbons (Fsp3) is 0.188. The van der Waals surface area contributed by atoms with Crippen molar-refractivity contribution in [2.24, 2.45) is 0 Å². The van der Waals surface area contributed by atoms with E-state index in [0.717, 1.165) is 22.2 Å². The number of hydrogen-bond acceptors (Lipinski definition) is 5. The number of halogens is 1.